The molecule has 1 aromatic heterocycles. The molecule has 2 saturated heterocycles. The summed E-state index contributed by atoms with van der Waals surface area (Å²) < 4.78 is 14.0. The van der Waals surface area contributed by atoms with Crippen LogP contribution in [0.4, 0.5) is 0 Å². The third kappa shape index (κ3) is 5.24. The first-order valence-electron chi connectivity index (χ1n) is 14.6. The summed E-state index contributed by atoms with van der Waals surface area (Å²) in [6.07, 6.45) is 8.07. The van der Waals surface area contributed by atoms with E-state index in [9.17, 15) is 4.21 Å². The lowest BCUT2D eigenvalue weighted by Gasteiger charge is -2.50. The third-order valence-electron chi connectivity index (χ3n) is 9.32. The van der Waals surface area contributed by atoms with Gasteiger partial charge in [0.1, 0.15) is 5.82 Å². The minimum absolute atomic E-state index is 0.613. The van der Waals surface area contributed by atoms with E-state index in [4.69, 9.17) is 4.98 Å². The highest BCUT2D eigenvalue weighted by Crippen LogP contribution is 2.37. The molecule has 5 rings (SSSR count). The van der Waals surface area contributed by atoms with E-state index in [2.05, 4.69) is 68.2 Å². The molecule has 4 atom stereocenters. The predicted molar refractivity (Wildman–Crippen MR) is 160 cm³/mol. The lowest BCUT2D eigenvalue weighted by molar-refractivity contribution is -0.000173. The van der Waals surface area contributed by atoms with Gasteiger partial charge in [-0.2, -0.15) is 0 Å². The SMILES string of the molecule is CCC1CC(N2CCC(c3cc(C)c4nc(-c5ccc(S(C)=O)cc5)n(C)c4c3)CC2)CC(C)N1C(C)C. The first kappa shape index (κ1) is 27.5. The van der Waals surface area contributed by atoms with Gasteiger partial charge in [0, 0.05) is 58.7 Å². The fourth-order valence-corrected chi connectivity index (χ4v) is 7.90. The number of aromatic nitrogens is 2. The molecule has 2 aliphatic rings. The summed E-state index contributed by atoms with van der Waals surface area (Å²) >= 11 is 0. The molecule has 0 radical (unpaired) electrons. The van der Waals surface area contributed by atoms with E-state index < -0.39 is 10.8 Å². The number of imidazole rings is 1. The second kappa shape index (κ2) is 11.2. The average molecular weight is 535 g/mol. The molecule has 206 valence electrons. The van der Waals surface area contributed by atoms with Crippen LogP contribution in [-0.4, -0.2) is 67.1 Å². The first-order valence-corrected chi connectivity index (χ1v) is 16.2. The molecule has 6 heteroatoms. The van der Waals surface area contributed by atoms with Crippen LogP contribution in [0.25, 0.3) is 22.4 Å². The van der Waals surface area contributed by atoms with Gasteiger partial charge in [-0.05, 0) is 108 Å². The van der Waals surface area contributed by atoms with Crippen LogP contribution in [0.5, 0.6) is 0 Å². The fourth-order valence-electron chi connectivity index (χ4n) is 7.39. The normalized spacial score (nSPS) is 24.9. The smallest absolute Gasteiger partial charge is 0.140 e. The number of rotatable bonds is 6. The molecule has 2 fully saturated rings. The van der Waals surface area contributed by atoms with E-state index >= 15 is 0 Å². The van der Waals surface area contributed by atoms with Crippen molar-refractivity contribution in [3.05, 3.63) is 47.5 Å². The van der Waals surface area contributed by atoms with E-state index in [0.717, 1.165) is 27.8 Å². The Kier molecular flexibility index (Phi) is 8.14. The van der Waals surface area contributed by atoms with Gasteiger partial charge in [-0.3, -0.25) is 9.11 Å². The Balaban J connectivity index is 1.31. The van der Waals surface area contributed by atoms with Crippen molar-refractivity contribution in [1.29, 1.82) is 0 Å². The molecule has 2 aromatic carbocycles. The lowest BCUT2D eigenvalue weighted by Crippen LogP contribution is -2.56. The number of likely N-dealkylation sites (tertiary alicyclic amines) is 2. The number of hydrogen-bond acceptors (Lipinski definition) is 4. The molecular formula is C32H46N4OS. The zero-order chi connectivity index (χ0) is 27.1. The van der Waals surface area contributed by atoms with Crippen LogP contribution in [0, 0.1) is 6.92 Å². The zero-order valence-electron chi connectivity index (χ0n) is 24.4. The van der Waals surface area contributed by atoms with Crippen LogP contribution in [-0.2, 0) is 17.8 Å². The van der Waals surface area contributed by atoms with Crippen LogP contribution in [0.3, 0.4) is 0 Å². The quantitative estimate of drug-likeness (QED) is 0.362. The number of hydrogen-bond donors (Lipinski definition) is 0. The molecule has 5 nitrogen and oxygen atoms in total. The second-order valence-corrected chi connectivity index (χ2v) is 13.4. The van der Waals surface area contributed by atoms with Crippen molar-refractivity contribution in [3.63, 3.8) is 0 Å². The monoisotopic (exact) mass is 534 g/mol. The molecular weight excluding hydrogens is 488 g/mol. The van der Waals surface area contributed by atoms with Crippen molar-refractivity contribution in [2.75, 3.05) is 19.3 Å². The van der Waals surface area contributed by atoms with E-state index in [-0.39, 0.29) is 0 Å². The summed E-state index contributed by atoms with van der Waals surface area (Å²) in [6, 6.07) is 15.5. The second-order valence-electron chi connectivity index (χ2n) is 12.1. The molecule has 0 saturated carbocycles. The number of nitrogens with zero attached hydrogens (tertiary/aromatic N) is 4. The fraction of sp³-hybridized carbons (Fsp3) is 0.594. The summed E-state index contributed by atoms with van der Waals surface area (Å²) in [7, 11) is 1.15. The first-order chi connectivity index (χ1) is 18.2. The predicted octanol–water partition coefficient (Wildman–Crippen LogP) is 6.51. The maximum Gasteiger partial charge on any atom is 0.140 e. The van der Waals surface area contributed by atoms with Crippen molar-refractivity contribution >= 4 is 21.8 Å². The summed E-state index contributed by atoms with van der Waals surface area (Å²) in [6.45, 7) is 14.2. The Hall–Kier alpha value is -2.02. The van der Waals surface area contributed by atoms with Gasteiger partial charge in [0.25, 0.3) is 0 Å². The number of aryl methyl sites for hydroxylation is 2. The van der Waals surface area contributed by atoms with Crippen molar-refractivity contribution in [3.8, 4) is 11.4 Å². The number of fused-ring (bicyclic) bond motifs is 1. The van der Waals surface area contributed by atoms with Crippen molar-refractivity contribution in [2.24, 2.45) is 7.05 Å². The summed E-state index contributed by atoms with van der Waals surface area (Å²) in [5.41, 5.74) is 6.09. The van der Waals surface area contributed by atoms with Gasteiger partial charge in [-0.15, -0.1) is 0 Å². The topological polar surface area (TPSA) is 41.4 Å². The molecule has 3 aromatic rings. The molecule has 0 N–H and O–H groups in total. The van der Waals surface area contributed by atoms with Gasteiger partial charge >= 0.3 is 0 Å². The van der Waals surface area contributed by atoms with E-state index in [1.807, 2.05) is 24.3 Å². The van der Waals surface area contributed by atoms with E-state index in [1.165, 1.54) is 61.8 Å². The Morgan fingerprint density at radius 3 is 2.37 bits per heavy atom. The lowest BCUT2D eigenvalue weighted by atomic mass is 9.84. The van der Waals surface area contributed by atoms with Gasteiger partial charge in [0.15, 0.2) is 0 Å². The molecule has 4 unspecified atom stereocenters. The molecule has 0 spiro atoms. The van der Waals surface area contributed by atoms with Gasteiger partial charge < -0.3 is 9.47 Å². The highest BCUT2D eigenvalue weighted by molar-refractivity contribution is 7.84. The van der Waals surface area contributed by atoms with Crippen LogP contribution in [0.15, 0.2) is 41.3 Å². The van der Waals surface area contributed by atoms with Crippen LogP contribution >= 0.6 is 0 Å². The number of piperidine rings is 2. The molecule has 0 aliphatic carbocycles. The maximum absolute atomic E-state index is 11.8. The number of benzene rings is 2. The maximum atomic E-state index is 11.8. The van der Waals surface area contributed by atoms with E-state index in [0.29, 0.717) is 24.0 Å². The molecule has 0 bridgehead atoms. The molecule has 38 heavy (non-hydrogen) atoms. The highest BCUT2D eigenvalue weighted by Gasteiger charge is 2.37. The summed E-state index contributed by atoms with van der Waals surface area (Å²) in [5.74, 6) is 1.58. The Labute approximate surface area is 232 Å². The van der Waals surface area contributed by atoms with Crippen LogP contribution in [0.1, 0.15) is 76.8 Å². The average Bonchev–Trinajstić information content (AvgIpc) is 3.24. The molecule has 2 aliphatic heterocycles. The van der Waals surface area contributed by atoms with Crippen molar-refractivity contribution in [1.82, 2.24) is 19.4 Å². The molecule has 3 heterocycles. The minimum atomic E-state index is -0.969. The highest BCUT2D eigenvalue weighted by atomic mass is 32.2. The van der Waals surface area contributed by atoms with Crippen molar-refractivity contribution < 1.29 is 4.21 Å². The third-order valence-corrected chi connectivity index (χ3v) is 10.3. The minimum Gasteiger partial charge on any atom is -0.327 e. The zero-order valence-corrected chi connectivity index (χ0v) is 25.2. The Bertz CT molecular complexity index is 1290. The standard InChI is InChI=1S/C32H46N4OS/c1-8-27-20-28(18-23(5)36(27)21(2)3)35-15-13-24(14-16-35)26-17-22(4)31-30(19-26)34(6)32(33-31)25-9-11-29(12-10-25)38(7)37/h9-12,17,19,21,23-24,27-28H,8,13-16,18,20H2,1-7H3. The Morgan fingerprint density at radius 1 is 1.08 bits per heavy atom. The van der Waals surface area contributed by atoms with E-state index in [1.54, 1.807) is 6.26 Å². The van der Waals surface area contributed by atoms with Gasteiger partial charge in [-0.1, -0.05) is 25.1 Å². The Morgan fingerprint density at radius 2 is 1.76 bits per heavy atom. The van der Waals surface area contributed by atoms with Gasteiger partial charge in [0.05, 0.1) is 11.0 Å². The van der Waals surface area contributed by atoms with Crippen LogP contribution < -0.4 is 0 Å². The van der Waals surface area contributed by atoms with Gasteiger partial charge in [-0.25, -0.2) is 4.98 Å². The molecule has 0 amide bonds. The van der Waals surface area contributed by atoms with Gasteiger partial charge in [0.2, 0.25) is 0 Å². The largest absolute Gasteiger partial charge is 0.327 e. The van der Waals surface area contributed by atoms with Crippen molar-refractivity contribution in [2.45, 2.75) is 102 Å². The summed E-state index contributed by atoms with van der Waals surface area (Å²) in [5, 5.41) is 0. The summed E-state index contributed by atoms with van der Waals surface area (Å²) in [4.78, 5) is 11.5. The van der Waals surface area contributed by atoms with Crippen LogP contribution in [0.2, 0.25) is 0 Å².